The number of nitrogens with zero attached hydrogens (tertiary/aromatic N) is 1. The molecule has 44 heavy (non-hydrogen) atoms. The maximum atomic E-state index is 14.2. The van der Waals surface area contributed by atoms with E-state index in [2.05, 4.69) is 15.4 Å². The van der Waals surface area contributed by atoms with Gasteiger partial charge in [-0.05, 0) is 74.6 Å². The Morgan fingerprint density at radius 3 is 2.50 bits per heavy atom. The highest BCUT2D eigenvalue weighted by atomic mass is 32.2. The van der Waals surface area contributed by atoms with Gasteiger partial charge in [-0.25, -0.2) is 17.5 Å². The van der Waals surface area contributed by atoms with E-state index in [0.717, 1.165) is 5.56 Å². The highest BCUT2D eigenvalue weighted by Gasteiger charge is 2.33. The van der Waals surface area contributed by atoms with Gasteiger partial charge in [-0.2, -0.15) is 0 Å². The van der Waals surface area contributed by atoms with E-state index in [1.807, 2.05) is 38.1 Å². The maximum absolute atomic E-state index is 14.2. The van der Waals surface area contributed by atoms with Crippen molar-refractivity contribution >= 4 is 27.5 Å². The van der Waals surface area contributed by atoms with Crippen LogP contribution < -0.4 is 20.3 Å². The van der Waals surface area contributed by atoms with Crippen molar-refractivity contribution in [1.29, 1.82) is 0 Å². The Bertz CT molecular complexity index is 1590. The van der Waals surface area contributed by atoms with Crippen LogP contribution in [0.2, 0.25) is 0 Å². The van der Waals surface area contributed by atoms with Gasteiger partial charge in [0, 0.05) is 36.3 Å². The molecule has 1 heterocycles. The van der Waals surface area contributed by atoms with Crippen molar-refractivity contribution in [3.8, 4) is 11.1 Å². The first-order valence-corrected chi connectivity index (χ1v) is 16.3. The van der Waals surface area contributed by atoms with Crippen LogP contribution in [-0.2, 0) is 32.6 Å². The van der Waals surface area contributed by atoms with Crippen LogP contribution in [0.15, 0.2) is 71.6 Å². The number of halogens is 1. The molecule has 3 aromatic carbocycles. The third-order valence-electron chi connectivity index (χ3n) is 7.53. The molecule has 0 aromatic heterocycles. The van der Waals surface area contributed by atoms with E-state index in [4.69, 9.17) is 0 Å². The molecule has 3 aromatic rings. The number of aliphatic hydroxyl groups is 1. The lowest BCUT2D eigenvalue weighted by molar-refractivity contribution is -0.128. The highest BCUT2D eigenvalue weighted by Crippen LogP contribution is 2.31. The number of fused-ring (bicyclic) bond motifs is 1. The minimum absolute atomic E-state index is 0.0948. The Labute approximate surface area is 258 Å². The number of aliphatic hydroxyl groups excluding tert-OH is 1. The number of hydrogen-bond donors (Lipinski definition) is 4. The first-order chi connectivity index (χ1) is 20.8. The Hall–Kier alpha value is -3.64. The summed E-state index contributed by atoms with van der Waals surface area (Å²) >= 11 is 0. The second-order valence-electron chi connectivity index (χ2n) is 11.8. The number of β-amino-alcohol motifs (C(OH)–C–C–N with tert-alkyl or cyclic N) is 1. The zero-order valence-electron chi connectivity index (χ0n) is 25.6. The topological polar surface area (TPSA) is 128 Å². The monoisotopic (exact) mass is 624 g/mol. The summed E-state index contributed by atoms with van der Waals surface area (Å²) in [5, 5.41) is 15.7. The van der Waals surface area contributed by atoms with Crippen molar-refractivity contribution in [3.63, 3.8) is 0 Å². The summed E-state index contributed by atoms with van der Waals surface area (Å²) in [5.74, 6) is -1.01. The highest BCUT2D eigenvalue weighted by molar-refractivity contribution is 7.89. The van der Waals surface area contributed by atoms with Gasteiger partial charge < -0.3 is 20.6 Å². The molecule has 0 saturated heterocycles. The number of nitrogens with one attached hydrogen (secondary N) is 3. The Kier molecular flexibility index (Phi) is 10.6. The molecule has 1 aliphatic rings. The number of benzene rings is 3. The van der Waals surface area contributed by atoms with Crippen LogP contribution in [0.25, 0.3) is 11.1 Å². The predicted molar refractivity (Wildman–Crippen MR) is 169 cm³/mol. The number of carbonyl (C=O) groups excluding carboxylic acids is 2. The number of rotatable bonds is 12. The minimum Gasteiger partial charge on any atom is -0.392 e. The molecule has 0 bridgehead atoms. The van der Waals surface area contributed by atoms with Gasteiger partial charge in [-0.1, -0.05) is 49.4 Å². The second kappa shape index (κ2) is 14.0. The summed E-state index contributed by atoms with van der Waals surface area (Å²) < 4.78 is 42.3. The standard InChI is InChI=1S/C33H41FN4O5S/c1-5-36-44(42,43)30-9-7-6-8-27(30)24-12-10-23(11-13-24)21-38-29-17-15-26(34)18-25(29)14-16-28(32(38)41)37-31(40)19-33(3,4)35-20-22(2)39/h6-13,15,17-18,22,28,35-36,39H,5,14,16,19-21H2,1-4H3,(H,37,40)/t22-,28-/m1/s1. The molecule has 1 aliphatic heterocycles. The summed E-state index contributed by atoms with van der Waals surface area (Å²) in [6, 6.07) is 17.6. The van der Waals surface area contributed by atoms with Crippen molar-refractivity contribution in [2.24, 2.45) is 0 Å². The van der Waals surface area contributed by atoms with E-state index < -0.39 is 33.5 Å². The minimum atomic E-state index is -3.69. The number of sulfonamides is 1. The van der Waals surface area contributed by atoms with Crippen molar-refractivity contribution in [3.05, 3.63) is 83.7 Å². The van der Waals surface area contributed by atoms with Gasteiger partial charge in [0.1, 0.15) is 11.9 Å². The molecule has 0 fully saturated rings. The van der Waals surface area contributed by atoms with Gasteiger partial charge in [0.25, 0.3) is 0 Å². The lowest BCUT2D eigenvalue weighted by atomic mass is 9.99. The lowest BCUT2D eigenvalue weighted by Gasteiger charge is -2.29. The van der Waals surface area contributed by atoms with Gasteiger partial charge in [0.2, 0.25) is 21.8 Å². The maximum Gasteiger partial charge on any atom is 0.249 e. The molecule has 0 unspecified atom stereocenters. The second-order valence-corrected chi connectivity index (χ2v) is 13.6. The van der Waals surface area contributed by atoms with Crippen molar-refractivity contribution < 1.29 is 27.5 Å². The van der Waals surface area contributed by atoms with Crippen molar-refractivity contribution in [1.82, 2.24) is 15.4 Å². The molecular weight excluding hydrogens is 583 g/mol. The molecule has 2 amide bonds. The number of anilines is 1. The van der Waals surface area contributed by atoms with Gasteiger partial charge in [-0.3, -0.25) is 9.59 Å². The van der Waals surface area contributed by atoms with Crippen LogP contribution in [0.4, 0.5) is 10.1 Å². The molecule has 9 nitrogen and oxygen atoms in total. The molecule has 0 aliphatic carbocycles. The Morgan fingerprint density at radius 1 is 1.11 bits per heavy atom. The summed E-state index contributed by atoms with van der Waals surface area (Å²) in [4.78, 5) is 28.7. The average molecular weight is 625 g/mol. The van der Waals surface area contributed by atoms with Gasteiger partial charge in [0.05, 0.1) is 17.5 Å². The zero-order valence-corrected chi connectivity index (χ0v) is 26.4. The molecule has 236 valence electrons. The first kappa shape index (κ1) is 33.3. The molecule has 0 spiro atoms. The van der Waals surface area contributed by atoms with Crippen LogP contribution >= 0.6 is 0 Å². The smallest absolute Gasteiger partial charge is 0.249 e. The Balaban J connectivity index is 1.58. The number of amides is 2. The fourth-order valence-electron chi connectivity index (χ4n) is 5.36. The summed E-state index contributed by atoms with van der Waals surface area (Å²) in [6.07, 6.45) is 0.245. The van der Waals surface area contributed by atoms with E-state index in [1.165, 1.54) is 12.1 Å². The molecule has 0 radical (unpaired) electrons. The normalized spacial score (nSPS) is 16.3. The van der Waals surface area contributed by atoms with E-state index in [1.54, 1.807) is 49.1 Å². The largest absolute Gasteiger partial charge is 0.392 e. The Morgan fingerprint density at radius 2 is 1.82 bits per heavy atom. The fourth-order valence-corrected chi connectivity index (χ4v) is 6.63. The van der Waals surface area contributed by atoms with E-state index in [9.17, 15) is 27.5 Å². The zero-order chi connectivity index (χ0) is 32.1. The number of carbonyl (C=O) groups is 2. The van der Waals surface area contributed by atoms with Gasteiger partial charge in [0.15, 0.2) is 0 Å². The van der Waals surface area contributed by atoms with Crippen LogP contribution in [0.3, 0.4) is 0 Å². The van der Waals surface area contributed by atoms with Gasteiger partial charge >= 0.3 is 0 Å². The molecule has 0 saturated carbocycles. The quantitative estimate of drug-likeness (QED) is 0.242. The molecule has 2 atom stereocenters. The van der Waals surface area contributed by atoms with Crippen LogP contribution in [0.5, 0.6) is 0 Å². The average Bonchev–Trinajstić information content (AvgIpc) is 3.08. The van der Waals surface area contributed by atoms with E-state index in [-0.39, 0.29) is 36.2 Å². The van der Waals surface area contributed by atoms with Crippen molar-refractivity contribution in [2.75, 3.05) is 18.0 Å². The lowest BCUT2D eigenvalue weighted by Crippen LogP contribution is -2.51. The van der Waals surface area contributed by atoms with E-state index in [0.29, 0.717) is 41.8 Å². The number of hydrogen-bond acceptors (Lipinski definition) is 6. The molecular formula is C33H41FN4O5S. The summed E-state index contributed by atoms with van der Waals surface area (Å²) in [5.41, 5.74) is 2.69. The predicted octanol–water partition coefficient (Wildman–Crippen LogP) is 3.89. The van der Waals surface area contributed by atoms with Gasteiger partial charge in [-0.15, -0.1) is 0 Å². The summed E-state index contributed by atoms with van der Waals surface area (Å²) in [6.45, 7) is 7.85. The van der Waals surface area contributed by atoms with Crippen LogP contribution in [-0.4, -0.2) is 56.1 Å². The van der Waals surface area contributed by atoms with Crippen molar-refractivity contribution in [2.45, 2.75) is 76.1 Å². The van der Waals surface area contributed by atoms with Crippen LogP contribution in [0.1, 0.15) is 51.7 Å². The third-order valence-corrected chi connectivity index (χ3v) is 9.13. The first-order valence-electron chi connectivity index (χ1n) is 14.8. The fraction of sp³-hybridized carbons (Fsp3) is 0.394. The number of aryl methyl sites for hydroxylation is 1. The third kappa shape index (κ3) is 8.29. The summed E-state index contributed by atoms with van der Waals surface area (Å²) in [7, 11) is -3.69. The molecule has 4 N–H and O–H groups in total. The van der Waals surface area contributed by atoms with E-state index >= 15 is 0 Å². The van der Waals surface area contributed by atoms with Crippen LogP contribution in [0, 0.1) is 5.82 Å². The molecule has 4 rings (SSSR count). The molecule has 11 heteroatoms. The SMILES string of the molecule is CCNS(=O)(=O)c1ccccc1-c1ccc(CN2C(=O)[C@H](NC(=O)CC(C)(C)NC[C@@H](C)O)CCc3cc(F)ccc32)cc1.